The van der Waals surface area contributed by atoms with Crippen molar-refractivity contribution in [3.8, 4) is 17.1 Å². The van der Waals surface area contributed by atoms with E-state index in [9.17, 15) is 19.7 Å². The van der Waals surface area contributed by atoms with Crippen LogP contribution in [-0.4, -0.2) is 29.7 Å². The Kier molecular flexibility index (Phi) is 7.37. The van der Waals surface area contributed by atoms with Crippen LogP contribution in [0.3, 0.4) is 0 Å². The summed E-state index contributed by atoms with van der Waals surface area (Å²) in [5.74, 6) is 0.464. The van der Waals surface area contributed by atoms with Crippen molar-refractivity contribution in [3.63, 3.8) is 0 Å². The molecule has 0 saturated carbocycles. The number of rotatable bonds is 6. The zero-order chi connectivity index (χ0) is 28.7. The average molecular weight is 600 g/mol. The minimum Gasteiger partial charge on any atom is -0.496 e. The maximum atomic E-state index is 13.8. The first kappa shape index (κ1) is 27.4. The Labute approximate surface area is 240 Å². The molecule has 1 aliphatic heterocycles. The molecule has 0 saturated heterocycles. The Hall–Kier alpha value is -4.19. The van der Waals surface area contributed by atoms with E-state index >= 15 is 0 Å². The number of fused-ring (bicyclic) bond motifs is 1. The van der Waals surface area contributed by atoms with Gasteiger partial charge in [0.15, 0.2) is 4.80 Å². The second-order valence-corrected chi connectivity index (χ2v) is 10.4. The molecule has 0 fully saturated rings. The van der Waals surface area contributed by atoms with Gasteiger partial charge in [-0.15, -0.1) is 0 Å². The minimum atomic E-state index is -0.915. The molecule has 0 aliphatic carbocycles. The van der Waals surface area contributed by atoms with Crippen molar-refractivity contribution in [2.45, 2.75) is 13.0 Å². The number of halogens is 2. The van der Waals surface area contributed by atoms with Crippen molar-refractivity contribution < 1.29 is 23.6 Å². The van der Waals surface area contributed by atoms with Crippen LogP contribution in [0.1, 0.15) is 24.3 Å². The maximum absolute atomic E-state index is 13.8. The number of benzene rings is 2. The van der Waals surface area contributed by atoms with Crippen molar-refractivity contribution in [2.75, 3.05) is 14.2 Å². The number of ether oxygens (including phenoxy) is 2. The van der Waals surface area contributed by atoms with E-state index < -0.39 is 22.5 Å². The first-order valence-corrected chi connectivity index (χ1v) is 13.2. The summed E-state index contributed by atoms with van der Waals surface area (Å²) in [6, 6.07) is 11.6. The number of carbonyl (C=O) groups excluding carboxylic acids is 1. The molecule has 0 spiro atoms. The number of carbonyl (C=O) groups is 1. The largest absolute Gasteiger partial charge is 0.496 e. The van der Waals surface area contributed by atoms with Crippen molar-refractivity contribution in [2.24, 2.45) is 4.99 Å². The number of hydrogen-bond acceptors (Lipinski definition) is 9. The number of esters is 1. The number of furan rings is 1. The molecule has 0 radical (unpaired) electrons. The van der Waals surface area contributed by atoms with Crippen LogP contribution < -0.4 is 19.6 Å². The highest BCUT2D eigenvalue weighted by Crippen LogP contribution is 2.37. The molecule has 0 N–H and O–H groups in total. The highest BCUT2D eigenvalue weighted by Gasteiger charge is 2.35. The lowest BCUT2D eigenvalue weighted by molar-refractivity contribution is -0.384. The van der Waals surface area contributed by atoms with E-state index in [2.05, 4.69) is 4.99 Å². The third kappa shape index (κ3) is 4.83. The summed E-state index contributed by atoms with van der Waals surface area (Å²) >= 11 is 13.3. The van der Waals surface area contributed by atoms with Gasteiger partial charge in [0.05, 0.1) is 34.9 Å². The Bertz CT molecular complexity index is 1910. The van der Waals surface area contributed by atoms with Gasteiger partial charge in [0.25, 0.3) is 11.2 Å². The molecular formula is C27H19Cl2N3O7S. The van der Waals surface area contributed by atoms with Gasteiger partial charge >= 0.3 is 5.97 Å². The molecule has 10 nitrogen and oxygen atoms in total. The Balaban J connectivity index is 1.66. The summed E-state index contributed by atoms with van der Waals surface area (Å²) in [6.07, 6.45) is 1.54. The van der Waals surface area contributed by atoms with Gasteiger partial charge in [0.2, 0.25) is 0 Å². The monoisotopic (exact) mass is 599 g/mol. The fraction of sp³-hybridized carbons (Fsp3) is 0.148. The molecular weight excluding hydrogens is 581 g/mol. The summed E-state index contributed by atoms with van der Waals surface area (Å²) in [7, 11) is 2.73. The van der Waals surface area contributed by atoms with Crippen molar-refractivity contribution in [3.05, 3.63) is 111 Å². The van der Waals surface area contributed by atoms with Gasteiger partial charge in [-0.2, -0.15) is 0 Å². The number of thiazole rings is 1. The summed E-state index contributed by atoms with van der Waals surface area (Å²) in [6.45, 7) is 1.66. The molecule has 5 rings (SSSR count). The molecule has 13 heteroatoms. The van der Waals surface area contributed by atoms with Crippen LogP contribution in [0, 0.1) is 10.1 Å². The lowest BCUT2D eigenvalue weighted by Gasteiger charge is -2.25. The summed E-state index contributed by atoms with van der Waals surface area (Å²) in [5.41, 5.74) is 0.817. The highest BCUT2D eigenvalue weighted by atomic mass is 35.5. The van der Waals surface area contributed by atoms with Gasteiger partial charge in [-0.3, -0.25) is 19.5 Å². The van der Waals surface area contributed by atoms with Gasteiger partial charge in [-0.05, 0) is 49.4 Å². The molecule has 1 atom stereocenters. The normalized spacial score (nSPS) is 15.0. The molecule has 0 unspecified atom stereocenters. The molecule has 0 amide bonds. The lowest BCUT2D eigenvalue weighted by Crippen LogP contribution is -2.40. The van der Waals surface area contributed by atoms with E-state index in [1.807, 2.05) is 0 Å². The van der Waals surface area contributed by atoms with Crippen LogP contribution in [0.5, 0.6) is 5.75 Å². The van der Waals surface area contributed by atoms with Crippen molar-refractivity contribution in [1.29, 1.82) is 0 Å². The van der Waals surface area contributed by atoms with Crippen LogP contribution in [0.2, 0.25) is 10.0 Å². The smallest absolute Gasteiger partial charge is 0.338 e. The fourth-order valence-corrected chi connectivity index (χ4v) is 5.82. The van der Waals surface area contributed by atoms with E-state index in [4.69, 9.17) is 37.1 Å². The first-order chi connectivity index (χ1) is 19.1. The van der Waals surface area contributed by atoms with E-state index in [0.717, 1.165) is 11.3 Å². The number of hydrogen-bond donors (Lipinski definition) is 0. The number of allylic oxidation sites excluding steroid dienone is 1. The highest BCUT2D eigenvalue weighted by molar-refractivity contribution is 7.07. The maximum Gasteiger partial charge on any atom is 0.338 e. The molecule has 3 heterocycles. The van der Waals surface area contributed by atoms with Crippen LogP contribution in [-0.2, 0) is 9.53 Å². The third-order valence-corrected chi connectivity index (χ3v) is 7.78. The Morgan fingerprint density at radius 1 is 1.18 bits per heavy atom. The van der Waals surface area contributed by atoms with Gasteiger partial charge in [-0.1, -0.05) is 34.5 Å². The standard InChI is InChI=1S/C27H19Cl2N3O7S/c1-13-23(26(34)38-3)24(17-11-15(28)5-8-21(17)37-2)31-25(33)22(40-27(31)30-13)12-16-6-9-20(39-16)14-4-7-18(29)19(10-14)32(35)36/h4-12,24H,1-3H3/b22-12-/t24-/m1/s1. The van der Waals surface area contributed by atoms with Crippen molar-refractivity contribution in [1.82, 2.24) is 4.57 Å². The van der Waals surface area contributed by atoms with E-state index in [1.165, 1.54) is 30.9 Å². The Morgan fingerprint density at radius 2 is 1.95 bits per heavy atom. The molecule has 204 valence electrons. The summed E-state index contributed by atoms with van der Waals surface area (Å²) in [4.78, 5) is 42.2. The number of nitro groups is 1. The zero-order valence-electron chi connectivity index (χ0n) is 21.1. The number of nitrogens with zero attached hydrogens (tertiary/aromatic N) is 3. The van der Waals surface area contributed by atoms with Gasteiger partial charge < -0.3 is 13.9 Å². The minimum absolute atomic E-state index is 0.00847. The molecule has 40 heavy (non-hydrogen) atoms. The van der Waals surface area contributed by atoms with Crippen LogP contribution in [0.4, 0.5) is 5.69 Å². The quantitative estimate of drug-likeness (QED) is 0.175. The predicted molar refractivity (Wildman–Crippen MR) is 150 cm³/mol. The molecule has 2 aromatic heterocycles. The second-order valence-electron chi connectivity index (χ2n) is 8.58. The van der Waals surface area contributed by atoms with Crippen LogP contribution >= 0.6 is 34.5 Å². The Morgan fingerprint density at radius 3 is 2.65 bits per heavy atom. The second kappa shape index (κ2) is 10.8. The van der Waals surface area contributed by atoms with Gasteiger partial charge in [0, 0.05) is 28.3 Å². The van der Waals surface area contributed by atoms with Crippen LogP contribution in [0.15, 0.2) is 74.0 Å². The van der Waals surface area contributed by atoms with Gasteiger partial charge in [-0.25, -0.2) is 9.79 Å². The average Bonchev–Trinajstić information content (AvgIpc) is 3.51. The third-order valence-electron chi connectivity index (χ3n) is 6.24. The molecule has 4 aromatic rings. The fourth-order valence-electron chi connectivity index (χ4n) is 4.43. The summed E-state index contributed by atoms with van der Waals surface area (Å²) < 4.78 is 18.1. The zero-order valence-corrected chi connectivity index (χ0v) is 23.5. The van der Waals surface area contributed by atoms with Crippen molar-refractivity contribution >= 4 is 52.3 Å². The lowest BCUT2D eigenvalue weighted by atomic mass is 9.95. The van der Waals surface area contributed by atoms with E-state index in [-0.39, 0.29) is 20.8 Å². The predicted octanol–water partition coefficient (Wildman–Crippen LogP) is 4.89. The summed E-state index contributed by atoms with van der Waals surface area (Å²) in [5, 5.41) is 11.7. The molecule has 0 bridgehead atoms. The van der Waals surface area contributed by atoms with Crippen LogP contribution in [0.25, 0.3) is 17.4 Å². The first-order valence-electron chi connectivity index (χ1n) is 11.6. The SMILES string of the molecule is COC(=O)C1=C(C)N=c2s/c(=C\c3ccc(-c4ccc(Cl)c([N+](=O)[O-])c4)o3)c(=O)n2[C@@H]1c1cc(Cl)ccc1OC. The number of methoxy groups -OCH3 is 2. The van der Waals surface area contributed by atoms with Gasteiger partial charge in [0.1, 0.15) is 28.3 Å². The number of nitro benzene ring substituents is 1. The number of aromatic nitrogens is 1. The van der Waals surface area contributed by atoms with E-state index in [0.29, 0.717) is 43.9 Å². The van der Waals surface area contributed by atoms with E-state index in [1.54, 1.807) is 49.4 Å². The molecule has 1 aliphatic rings. The topological polar surface area (TPSA) is 126 Å². The molecule has 2 aromatic carbocycles.